The highest BCUT2D eigenvalue weighted by Gasteiger charge is 2.36. The van der Waals surface area contributed by atoms with Crippen LogP contribution in [-0.4, -0.2) is 168 Å². The highest BCUT2D eigenvalue weighted by atomic mass is 16.6. The third-order valence-corrected chi connectivity index (χ3v) is 16.3. The molecule has 0 fully saturated rings. The second kappa shape index (κ2) is 29.2. The van der Waals surface area contributed by atoms with Gasteiger partial charge in [0, 0.05) is 139 Å². The van der Waals surface area contributed by atoms with Gasteiger partial charge >= 0.3 is 12.1 Å². The Kier molecular flexibility index (Phi) is 20.3. The maximum absolute atomic E-state index is 14.2. The van der Waals surface area contributed by atoms with Crippen LogP contribution in [0.5, 0.6) is 0 Å². The molecule has 26 nitrogen and oxygen atoms in total. The molecule has 0 bridgehead atoms. The number of anilines is 1. The summed E-state index contributed by atoms with van der Waals surface area (Å²) in [4.78, 5) is 159. The monoisotopic (exact) mass is 1250 g/mol. The Balaban J connectivity index is 0.759. The molecule has 476 valence electrons. The van der Waals surface area contributed by atoms with Gasteiger partial charge in [0.1, 0.15) is 18.7 Å². The zero-order chi connectivity index (χ0) is 65.0. The summed E-state index contributed by atoms with van der Waals surface area (Å²) < 4.78 is 9.47. The van der Waals surface area contributed by atoms with Crippen LogP contribution in [-0.2, 0) is 35.3 Å². The van der Waals surface area contributed by atoms with Crippen molar-refractivity contribution in [2.24, 2.45) is 11.7 Å². The lowest BCUT2D eigenvalue weighted by atomic mass is 9.93. The van der Waals surface area contributed by atoms with Gasteiger partial charge in [-0.3, -0.25) is 57.9 Å². The third-order valence-electron chi connectivity index (χ3n) is 16.3. The quantitative estimate of drug-likeness (QED) is 0.0243. The summed E-state index contributed by atoms with van der Waals surface area (Å²) in [6, 6.07) is 21.2. The minimum atomic E-state index is -1.12. The Morgan fingerprint density at radius 2 is 1.17 bits per heavy atom. The number of nitrogens with zero attached hydrogens (tertiary/aromatic N) is 8. The number of carbonyl (C=O) groups excluding carboxylic acids is 11. The molecule has 92 heavy (non-hydrogen) atoms. The molecule has 5 heterocycles. The zero-order valence-electron chi connectivity index (χ0n) is 50.8. The Labute approximate surface area is 528 Å². The van der Waals surface area contributed by atoms with Gasteiger partial charge in [0.25, 0.3) is 35.4 Å². The normalized spacial score (nSPS) is 14.1. The van der Waals surface area contributed by atoms with E-state index in [1.807, 2.05) is 22.8 Å². The number of primary amides is 1. The smallest absolute Gasteiger partial charge is 0.410 e. The van der Waals surface area contributed by atoms with Gasteiger partial charge in [-0.1, -0.05) is 56.7 Å². The Hall–Kier alpha value is -10.9. The van der Waals surface area contributed by atoms with Gasteiger partial charge in [0.2, 0.25) is 17.7 Å². The number of ether oxygens (including phenoxy) is 1. The van der Waals surface area contributed by atoms with E-state index < -0.39 is 65.6 Å². The van der Waals surface area contributed by atoms with Gasteiger partial charge in [-0.05, 0) is 98.7 Å². The Morgan fingerprint density at radius 1 is 0.587 bits per heavy atom. The number of rotatable bonds is 30. The Bertz CT molecular complexity index is 3950. The predicted octanol–water partition coefficient (Wildman–Crippen LogP) is 5.37. The number of hydrogen-bond donors (Lipinski definition) is 6. The van der Waals surface area contributed by atoms with Gasteiger partial charge in [0.15, 0.2) is 0 Å². The molecule has 2 aromatic heterocycles. The van der Waals surface area contributed by atoms with E-state index in [1.165, 1.54) is 22.0 Å². The fourth-order valence-corrected chi connectivity index (χ4v) is 11.5. The minimum absolute atomic E-state index is 0.0641. The van der Waals surface area contributed by atoms with Crippen LogP contribution in [0.15, 0.2) is 135 Å². The number of aromatic nitrogens is 4. The average Bonchev–Trinajstić information content (AvgIpc) is 0.866. The Morgan fingerprint density at radius 3 is 1.74 bits per heavy atom. The van der Waals surface area contributed by atoms with Crippen LogP contribution in [0.1, 0.15) is 106 Å². The summed E-state index contributed by atoms with van der Waals surface area (Å²) in [7, 11) is 0. The van der Waals surface area contributed by atoms with E-state index in [2.05, 4.69) is 36.6 Å². The third kappa shape index (κ3) is 14.6. The lowest BCUT2D eigenvalue weighted by Crippen LogP contribution is -2.54. The van der Waals surface area contributed by atoms with E-state index >= 15 is 0 Å². The number of benzene rings is 5. The highest BCUT2D eigenvalue weighted by Crippen LogP contribution is 2.35. The molecule has 0 radical (unpaired) electrons. The molecule has 7 N–H and O–H groups in total. The standard InChI is InChI=1S/C66H70N14O12/c1-41(2)58(74-53(81)15-4-3-5-32-78-54(82)24-25-55(78)83)60(85)73-50(14-8-27-71-65(67)90)59(84)72-43-18-16-42(17-19-43)38-92-66(91)75(36-37-80-62(87)47-13-7-11-45-52(77-34-29-70-40-77)23-21-49(57(45)47)64(80)89)31-9-26-68-30-35-79-61(86)46-12-6-10-44-51(76-33-28-69-39-76)22-20-48(56(44)46)63(79)88/h6-7,10-13,16-25,28-29,33-34,39-41,50,58,68H,3-5,8-9,14-15,26-27,30-32,35-38H2,1-2H3,(H,72,84)(H,73,85)(H,74,81)(H3,67,71,90)/t50-,58-/m0/s1. The minimum Gasteiger partial charge on any atom is -0.445 e. The van der Waals surface area contributed by atoms with Crippen molar-refractivity contribution in [1.29, 1.82) is 0 Å². The first kappa shape index (κ1) is 64.1. The van der Waals surface area contributed by atoms with E-state index in [0.717, 1.165) is 26.6 Å². The van der Waals surface area contributed by atoms with Crippen LogP contribution in [0, 0.1) is 5.92 Å². The lowest BCUT2D eigenvalue weighted by Gasteiger charge is -2.30. The van der Waals surface area contributed by atoms with Gasteiger partial charge in [-0.15, -0.1) is 0 Å². The van der Waals surface area contributed by atoms with Crippen molar-refractivity contribution in [2.75, 3.05) is 57.7 Å². The van der Waals surface area contributed by atoms with Crippen LogP contribution in [0.4, 0.5) is 15.3 Å². The molecule has 0 saturated heterocycles. The number of carbonyl (C=O) groups is 11. The number of imidazole rings is 2. The van der Waals surface area contributed by atoms with Crippen LogP contribution < -0.4 is 32.3 Å². The molecule has 0 saturated carbocycles. The molecule has 0 unspecified atom stereocenters. The van der Waals surface area contributed by atoms with Crippen LogP contribution in [0.25, 0.3) is 32.9 Å². The summed E-state index contributed by atoms with van der Waals surface area (Å²) in [5.41, 5.74) is 9.12. The van der Waals surface area contributed by atoms with E-state index in [4.69, 9.17) is 10.5 Å². The van der Waals surface area contributed by atoms with Crippen molar-refractivity contribution in [3.05, 3.63) is 162 Å². The number of nitrogens with two attached hydrogens (primary N) is 1. The maximum Gasteiger partial charge on any atom is 0.410 e. The van der Waals surface area contributed by atoms with Gasteiger partial charge < -0.3 is 51.1 Å². The van der Waals surface area contributed by atoms with Gasteiger partial charge in [0.05, 0.1) is 24.0 Å². The SMILES string of the molecule is CC(C)[C@H](NC(=O)CCCCCN1C(=O)C=CC1=O)C(=O)N[C@@H](CCCNC(N)=O)C(=O)Nc1ccc(COC(=O)N(CCCNCCN2C(=O)c3cccc4c(-n5ccnc5)ccc(c34)C2=O)CCN2C(=O)c3cccc4c(-n5ccnc5)ccc(c34)C2=O)cc1. The van der Waals surface area contributed by atoms with Gasteiger partial charge in [-0.25, -0.2) is 19.6 Å². The number of hydrogen-bond acceptors (Lipinski definition) is 15. The topological polar surface area (TPSA) is 332 Å². The molecule has 5 aromatic carbocycles. The second-order valence-corrected chi connectivity index (χ2v) is 22.8. The van der Waals surface area contributed by atoms with Crippen molar-refractivity contribution in [2.45, 2.75) is 77.5 Å². The summed E-state index contributed by atoms with van der Waals surface area (Å²) >= 11 is 0. The van der Waals surface area contributed by atoms with Crippen molar-refractivity contribution in [1.82, 2.24) is 60.0 Å². The molecule has 0 spiro atoms. The van der Waals surface area contributed by atoms with Crippen molar-refractivity contribution < 1.29 is 57.5 Å². The summed E-state index contributed by atoms with van der Waals surface area (Å²) in [6.07, 6.45) is 14.1. The first-order chi connectivity index (χ1) is 44.5. The zero-order valence-corrected chi connectivity index (χ0v) is 50.8. The molecular weight excluding hydrogens is 1180 g/mol. The van der Waals surface area contributed by atoms with Crippen molar-refractivity contribution >= 4 is 92.5 Å². The summed E-state index contributed by atoms with van der Waals surface area (Å²) in [5, 5.41) is 16.6. The number of urea groups is 1. The molecule has 12 amide bonds. The highest BCUT2D eigenvalue weighted by molar-refractivity contribution is 6.27. The first-order valence-electron chi connectivity index (χ1n) is 30.5. The average molecular weight is 1250 g/mol. The van der Waals surface area contributed by atoms with Crippen LogP contribution in [0.3, 0.4) is 0 Å². The van der Waals surface area contributed by atoms with E-state index in [-0.39, 0.29) is 89.4 Å². The molecule has 7 aromatic rings. The lowest BCUT2D eigenvalue weighted by molar-refractivity contribution is -0.137. The molecule has 10 rings (SSSR count). The number of amides is 12. The predicted molar refractivity (Wildman–Crippen MR) is 337 cm³/mol. The first-order valence-corrected chi connectivity index (χ1v) is 30.5. The number of imide groups is 3. The van der Waals surface area contributed by atoms with E-state index in [9.17, 15) is 52.7 Å². The fourth-order valence-electron chi connectivity index (χ4n) is 11.5. The fraction of sp³-hybridized carbons (Fsp3) is 0.318. The largest absolute Gasteiger partial charge is 0.445 e. The molecule has 2 atom stereocenters. The van der Waals surface area contributed by atoms with Gasteiger partial charge in [-0.2, -0.15) is 0 Å². The van der Waals surface area contributed by atoms with Crippen LogP contribution >= 0.6 is 0 Å². The summed E-state index contributed by atoms with van der Waals surface area (Å²) in [6.45, 7) is 4.09. The molecule has 0 aliphatic carbocycles. The molecular formula is C66H70N14O12. The number of unbranched alkanes of at least 4 members (excludes halogenated alkanes) is 2. The van der Waals surface area contributed by atoms with E-state index in [0.29, 0.717) is 81.9 Å². The van der Waals surface area contributed by atoms with E-state index in [1.54, 1.807) is 123 Å². The van der Waals surface area contributed by atoms with Crippen molar-refractivity contribution in [3.8, 4) is 11.4 Å². The molecule has 3 aliphatic heterocycles. The molecule has 26 heteroatoms. The second-order valence-electron chi connectivity index (χ2n) is 22.8. The summed E-state index contributed by atoms with van der Waals surface area (Å²) in [5.74, 6) is -4.61. The number of nitrogens with one attached hydrogen (secondary N) is 5. The van der Waals surface area contributed by atoms with Crippen LogP contribution in [0.2, 0.25) is 0 Å². The van der Waals surface area contributed by atoms with Crippen molar-refractivity contribution in [3.63, 3.8) is 0 Å². The molecule has 3 aliphatic rings. The maximum atomic E-state index is 14.2.